The van der Waals surface area contributed by atoms with Crippen LogP contribution in [0, 0.1) is 17.2 Å². The van der Waals surface area contributed by atoms with E-state index < -0.39 is 0 Å². The molecule has 17 heavy (non-hydrogen) atoms. The minimum atomic E-state index is 0.499. The Morgan fingerprint density at radius 2 is 2.00 bits per heavy atom. The maximum Gasteiger partial charge on any atom is 0.142 e. The summed E-state index contributed by atoms with van der Waals surface area (Å²) in [6.45, 7) is 2.32. The third kappa shape index (κ3) is 2.76. The summed E-state index contributed by atoms with van der Waals surface area (Å²) in [6, 6.07) is 8.31. The van der Waals surface area contributed by atoms with Crippen LogP contribution in [-0.4, -0.2) is 18.1 Å². The van der Waals surface area contributed by atoms with Crippen molar-refractivity contribution in [2.75, 3.05) is 11.9 Å². The van der Waals surface area contributed by atoms with Gasteiger partial charge >= 0.3 is 0 Å². The fourth-order valence-electron chi connectivity index (χ4n) is 2.50. The molecule has 0 spiro atoms. The predicted octanol–water partition coefficient (Wildman–Crippen LogP) is 2.97. The van der Waals surface area contributed by atoms with Crippen LogP contribution < -0.4 is 4.90 Å². The molecule has 1 aromatic rings. The van der Waals surface area contributed by atoms with Gasteiger partial charge in [-0.25, -0.2) is 4.98 Å². The first kappa shape index (κ1) is 11.9. The molecule has 0 aromatic carbocycles. The van der Waals surface area contributed by atoms with Crippen molar-refractivity contribution >= 4 is 5.82 Å². The maximum atomic E-state index is 8.86. The molecule has 1 aliphatic rings. The molecule has 2 rings (SSSR count). The lowest BCUT2D eigenvalue weighted by atomic mass is 9.87. The van der Waals surface area contributed by atoms with Crippen LogP contribution in [-0.2, 0) is 0 Å². The number of hydrogen-bond donors (Lipinski definition) is 0. The number of rotatable bonds is 2. The molecule has 1 saturated carbocycles. The quantitative estimate of drug-likeness (QED) is 0.782. The van der Waals surface area contributed by atoms with Crippen LogP contribution in [0.4, 0.5) is 5.82 Å². The summed E-state index contributed by atoms with van der Waals surface area (Å²) in [5.41, 5.74) is 0.499. The van der Waals surface area contributed by atoms with Crippen LogP contribution in [0.1, 0.15) is 38.3 Å². The molecular formula is C14H19N3. The summed E-state index contributed by atoms with van der Waals surface area (Å²) in [5.74, 6) is 1.78. The predicted molar refractivity (Wildman–Crippen MR) is 68.8 cm³/mol. The highest BCUT2D eigenvalue weighted by Gasteiger charge is 2.22. The van der Waals surface area contributed by atoms with Gasteiger partial charge in [0.25, 0.3) is 0 Å². The van der Waals surface area contributed by atoms with Crippen LogP contribution in [0.3, 0.4) is 0 Å². The highest BCUT2D eigenvalue weighted by molar-refractivity contribution is 5.41. The molecule has 0 radical (unpaired) electrons. The van der Waals surface area contributed by atoms with Crippen molar-refractivity contribution in [3.05, 3.63) is 23.9 Å². The Kier molecular flexibility index (Phi) is 3.63. The lowest BCUT2D eigenvalue weighted by Gasteiger charge is -2.34. The van der Waals surface area contributed by atoms with E-state index in [0.717, 1.165) is 11.7 Å². The normalized spacial score (nSPS) is 24.1. The monoisotopic (exact) mass is 229 g/mol. The van der Waals surface area contributed by atoms with Gasteiger partial charge in [-0.2, -0.15) is 5.26 Å². The summed E-state index contributed by atoms with van der Waals surface area (Å²) in [6.07, 6.45) is 5.06. The van der Waals surface area contributed by atoms with Gasteiger partial charge in [0.05, 0.1) is 0 Å². The molecule has 0 aliphatic heterocycles. The van der Waals surface area contributed by atoms with E-state index in [9.17, 15) is 0 Å². The Morgan fingerprint density at radius 1 is 1.29 bits per heavy atom. The zero-order valence-corrected chi connectivity index (χ0v) is 10.6. The van der Waals surface area contributed by atoms with E-state index in [4.69, 9.17) is 5.26 Å². The van der Waals surface area contributed by atoms with Gasteiger partial charge in [0.1, 0.15) is 17.6 Å². The molecular weight excluding hydrogens is 210 g/mol. The number of hydrogen-bond acceptors (Lipinski definition) is 3. The summed E-state index contributed by atoms with van der Waals surface area (Å²) in [4.78, 5) is 6.58. The molecule has 1 aliphatic carbocycles. The SMILES string of the molecule is CC1CCC(N(C)c2cccc(C#N)n2)CC1. The van der Waals surface area contributed by atoms with Gasteiger partial charge < -0.3 is 4.90 Å². The molecule has 1 aromatic heterocycles. The molecule has 0 N–H and O–H groups in total. The van der Waals surface area contributed by atoms with Crippen LogP contribution in [0.15, 0.2) is 18.2 Å². The number of nitriles is 1. The van der Waals surface area contributed by atoms with Gasteiger partial charge in [0, 0.05) is 13.1 Å². The molecule has 0 atom stereocenters. The Balaban J connectivity index is 2.08. The van der Waals surface area contributed by atoms with Crippen molar-refractivity contribution in [3.63, 3.8) is 0 Å². The second-order valence-corrected chi connectivity index (χ2v) is 5.02. The Hall–Kier alpha value is -1.56. The first-order chi connectivity index (χ1) is 8.20. The summed E-state index contributed by atoms with van der Waals surface area (Å²) in [7, 11) is 2.09. The maximum absolute atomic E-state index is 8.86. The Bertz CT molecular complexity index is 414. The van der Waals surface area contributed by atoms with Gasteiger partial charge in [-0.05, 0) is 43.7 Å². The van der Waals surface area contributed by atoms with E-state index in [2.05, 4.69) is 29.9 Å². The van der Waals surface area contributed by atoms with Gasteiger partial charge in [-0.3, -0.25) is 0 Å². The standard InChI is InChI=1S/C14H19N3/c1-11-6-8-13(9-7-11)17(2)14-5-3-4-12(10-15)16-14/h3-5,11,13H,6-9H2,1-2H3. The lowest BCUT2D eigenvalue weighted by Crippen LogP contribution is -2.35. The number of anilines is 1. The molecule has 0 bridgehead atoms. The zero-order chi connectivity index (χ0) is 12.3. The van der Waals surface area contributed by atoms with Crippen LogP contribution in [0.25, 0.3) is 0 Å². The van der Waals surface area contributed by atoms with E-state index >= 15 is 0 Å². The first-order valence-corrected chi connectivity index (χ1v) is 6.30. The van der Waals surface area contributed by atoms with E-state index in [-0.39, 0.29) is 0 Å². The number of aromatic nitrogens is 1. The summed E-state index contributed by atoms with van der Waals surface area (Å²) >= 11 is 0. The van der Waals surface area contributed by atoms with Crippen molar-refractivity contribution in [2.24, 2.45) is 5.92 Å². The fraction of sp³-hybridized carbons (Fsp3) is 0.571. The van der Waals surface area contributed by atoms with Gasteiger partial charge in [0.2, 0.25) is 0 Å². The van der Waals surface area contributed by atoms with Crippen molar-refractivity contribution < 1.29 is 0 Å². The van der Waals surface area contributed by atoms with Crippen molar-refractivity contribution in [2.45, 2.75) is 38.6 Å². The van der Waals surface area contributed by atoms with Crippen LogP contribution in [0.5, 0.6) is 0 Å². The largest absolute Gasteiger partial charge is 0.357 e. The third-order valence-electron chi connectivity index (χ3n) is 3.74. The van der Waals surface area contributed by atoms with E-state index in [1.165, 1.54) is 25.7 Å². The Labute approximate surface area is 103 Å². The van der Waals surface area contributed by atoms with Crippen LogP contribution >= 0.6 is 0 Å². The molecule has 3 nitrogen and oxygen atoms in total. The van der Waals surface area contributed by atoms with Gasteiger partial charge in [-0.15, -0.1) is 0 Å². The van der Waals surface area contributed by atoms with Crippen molar-refractivity contribution in [1.82, 2.24) is 4.98 Å². The molecule has 1 heterocycles. The topological polar surface area (TPSA) is 39.9 Å². The molecule has 90 valence electrons. The van der Waals surface area contributed by atoms with Gasteiger partial charge in [0.15, 0.2) is 0 Å². The van der Waals surface area contributed by atoms with Gasteiger partial charge in [-0.1, -0.05) is 13.0 Å². The molecule has 3 heteroatoms. The minimum absolute atomic E-state index is 0.499. The zero-order valence-electron chi connectivity index (χ0n) is 10.6. The van der Waals surface area contributed by atoms with E-state index in [1.807, 2.05) is 12.1 Å². The van der Waals surface area contributed by atoms with E-state index in [0.29, 0.717) is 11.7 Å². The molecule has 0 amide bonds. The molecule has 0 saturated heterocycles. The second kappa shape index (κ2) is 5.18. The summed E-state index contributed by atoms with van der Waals surface area (Å²) in [5, 5.41) is 8.86. The number of nitrogens with zero attached hydrogens (tertiary/aromatic N) is 3. The highest BCUT2D eigenvalue weighted by atomic mass is 15.2. The summed E-state index contributed by atoms with van der Waals surface area (Å²) < 4.78 is 0. The average Bonchev–Trinajstić information content (AvgIpc) is 2.39. The van der Waals surface area contributed by atoms with Crippen LogP contribution in [0.2, 0.25) is 0 Å². The van der Waals surface area contributed by atoms with Crippen molar-refractivity contribution in [3.8, 4) is 6.07 Å². The molecule has 0 unspecified atom stereocenters. The third-order valence-corrected chi connectivity index (χ3v) is 3.74. The fourth-order valence-corrected chi connectivity index (χ4v) is 2.50. The lowest BCUT2D eigenvalue weighted by molar-refractivity contribution is 0.340. The number of pyridine rings is 1. The highest BCUT2D eigenvalue weighted by Crippen LogP contribution is 2.28. The average molecular weight is 229 g/mol. The molecule has 1 fully saturated rings. The Morgan fingerprint density at radius 3 is 2.65 bits per heavy atom. The second-order valence-electron chi connectivity index (χ2n) is 5.02. The van der Waals surface area contributed by atoms with Crippen molar-refractivity contribution in [1.29, 1.82) is 5.26 Å². The first-order valence-electron chi connectivity index (χ1n) is 6.30. The minimum Gasteiger partial charge on any atom is -0.357 e. The smallest absolute Gasteiger partial charge is 0.142 e. The van der Waals surface area contributed by atoms with E-state index in [1.54, 1.807) is 6.07 Å².